The highest BCUT2D eigenvalue weighted by Gasteiger charge is 2.20. The van der Waals surface area contributed by atoms with Gasteiger partial charge < -0.3 is 15.5 Å². The van der Waals surface area contributed by atoms with Crippen LogP contribution >= 0.6 is 22.7 Å². The SMILES string of the molecule is CN=C(NCc1nc(-c2ccccc2)cs1)NC1CCN(c2cccs2)CC1. The van der Waals surface area contributed by atoms with Gasteiger partial charge in [0.25, 0.3) is 0 Å². The molecule has 28 heavy (non-hydrogen) atoms. The fraction of sp³-hybridized carbons (Fsp3) is 0.333. The van der Waals surface area contributed by atoms with E-state index in [-0.39, 0.29) is 0 Å². The number of anilines is 1. The minimum atomic E-state index is 0.457. The van der Waals surface area contributed by atoms with Gasteiger partial charge in [-0.2, -0.15) is 0 Å². The van der Waals surface area contributed by atoms with E-state index in [2.05, 4.69) is 55.6 Å². The second kappa shape index (κ2) is 9.21. The van der Waals surface area contributed by atoms with Gasteiger partial charge in [-0.25, -0.2) is 4.98 Å². The number of hydrogen-bond acceptors (Lipinski definition) is 5. The van der Waals surface area contributed by atoms with E-state index in [1.165, 1.54) is 5.00 Å². The highest BCUT2D eigenvalue weighted by molar-refractivity contribution is 7.14. The molecule has 1 aliphatic rings. The molecule has 1 aromatic carbocycles. The van der Waals surface area contributed by atoms with Crippen LogP contribution in [0.2, 0.25) is 0 Å². The van der Waals surface area contributed by atoms with Crippen LogP contribution in [0.3, 0.4) is 0 Å². The van der Waals surface area contributed by atoms with Crippen LogP contribution in [-0.2, 0) is 6.54 Å². The standard InChI is InChI=1S/C21H25N5S2/c1-22-21(24-17-9-11-26(12-10-17)20-8-5-13-27-20)23-14-19-25-18(15-28-19)16-6-3-2-4-7-16/h2-8,13,15,17H,9-12,14H2,1H3,(H2,22,23,24). The average molecular weight is 412 g/mol. The van der Waals surface area contributed by atoms with Crippen LogP contribution < -0.4 is 15.5 Å². The smallest absolute Gasteiger partial charge is 0.191 e. The molecule has 0 spiro atoms. The first-order valence-electron chi connectivity index (χ1n) is 9.57. The van der Waals surface area contributed by atoms with Crippen LogP contribution in [0.1, 0.15) is 17.8 Å². The third kappa shape index (κ3) is 4.72. The third-order valence-electron chi connectivity index (χ3n) is 4.91. The van der Waals surface area contributed by atoms with Crippen molar-refractivity contribution >= 4 is 33.6 Å². The Morgan fingerprint density at radius 2 is 1.96 bits per heavy atom. The number of nitrogens with zero attached hydrogens (tertiary/aromatic N) is 3. The minimum absolute atomic E-state index is 0.457. The molecule has 0 radical (unpaired) electrons. The van der Waals surface area contributed by atoms with Crippen molar-refractivity contribution in [2.24, 2.45) is 4.99 Å². The van der Waals surface area contributed by atoms with E-state index in [9.17, 15) is 0 Å². The highest BCUT2D eigenvalue weighted by atomic mass is 32.1. The van der Waals surface area contributed by atoms with Crippen LogP contribution in [0, 0.1) is 0 Å². The van der Waals surface area contributed by atoms with Crippen molar-refractivity contribution in [3.05, 3.63) is 58.2 Å². The number of thiazole rings is 1. The first kappa shape index (κ1) is 19.0. The van der Waals surface area contributed by atoms with Crippen LogP contribution in [0.15, 0.2) is 58.2 Å². The number of benzene rings is 1. The lowest BCUT2D eigenvalue weighted by atomic mass is 10.1. The van der Waals surface area contributed by atoms with Crippen molar-refractivity contribution in [3.8, 4) is 11.3 Å². The zero-order valence-corrected chi connectivity index (χ0v) is 17.6. The Morgan fingerprint density at radius 1 is 1.14 bits per heavy atom. The Labute approximate surface area is 174 Å². The summed E-state index contributed by atoms with van der Waals surface area (Å²) in [5.41, 5.74) is 2.19. The molecular formula is C21H25N5S2. The minimum Gasteiger partial charge on any atom is -0.363 e. The molecule has 2 N–H and O–H groups in total. The molecule has 0 amide bonds. The molecule has 0 saturated carbocycles. The summed E-state index contributed by atoms with van der Waals surface area (Å²) in [6.07, 6.45) is 2.24. The molecule has 1 saturated heterocycles. The van der Waals surface area contributed by atoms with Crippen LogP contribution in [-0.4, -0.2) is 37.1 Å². The van der Waals surface area contributed by atoms with E-state index in [0.29, 0.717) is 12.6 Å². The summed E-state index contributed by atoms with van der Waals surface area (Å²) in [5, 5.41) is 13.7. The van der Waals surface area contributed by atoms with Gasteiger partial charge >= 0.3 is 0 Å². The number of aliphatic imine (C=N–C) groups is 1. The average Bonchev–Trinajstić information content (AvgIpc) is 3.44. The third-order valence-corrected chi connectivity index (χ3v) is 6.68. The first-order chi connectivity index (χ1) is 13.8. The molecular weight excluding hydrogens is 386 g/mol. The van der Waals surface area contributed by atoms with Gasteiger partial charge in [-0.15, -0.1) is 22.7 Å². The lowest BCUT2D eigenvalue weighted by molar-refractivity contribution is 0.462. The van der Waals surface area contributed by atoms with E-state index in [1.54, 1.807) is 11.3 Å². The molecule has 1 aliphatic heterocycles. The molecule has 3 heterocycles. The van der Waals surface area contributed by atoms with Gasteiger partial charge in [-0.3, -0.25) is 4.99 Å². The quantitative estimate of drug-likeness (QED) is 0.488. The second-order valence-corrected chi connectivity index (χ2v) is 8.64. The summed E-state index contributed by atoms with van der Waals surface area (Å²) in [6, 6.07) is 15.1. The number of thiophene rings is 1. The molecule has 5 nitrogen and oxygen atoms in total. The number of aromatic nitrogens is 1. The highest BCUT2D eigenvalue weighted by Crippen LogP contribution is 2.25. The molecule has 1 fully saturated rings. The van der Waals surface area contributed by atoms with E-state index in [0.717, 1.165) is 48.2 Å². The van der Waals surface area contributed by atoms with E-state index >= 15 is 0 Å². The number of nitrogens with one attached hydrogen (secondary N) is 2. The Balaban J connectivity index is 1.26. The summed E-state index contributed by atoms with van der Waals surface area (Å²) in [7, 11) is 1.83. The fourth-order valence-electron chi connectivity index (χ4n) is 3.37. The van der Waals surface area contributed by atoms with Gasteiger partial charge in [0.2, 0.25) is 0 Å². The Morgan fingerprint density at radius 3 is 2.68 bits per heavy atom. The molecule has 4 rings (SSSR count). The Hall–Kier alpha value is -2.38. The lowest BCUT2D eigenvalue weighted by Gasteiger charge is -2.33. The van der Waals surface area contributed by atoms with E-state index < -0.39 is 0 Å². The Kier molecular flexibility index (Phi) is 6.24. The molecule has 0 unspecified atom stereocenters. The summed E-state index contributed by atoms with van der Waals surface area (Å²) in [4.78, 5) is 11.6. The largest absolute Gasteiger partial charge is 0.363 e. The van der Waals surface area contributed by atoms with Crippen molar-refractivity contribution < 1.29 is 0 Å². The molecule has 3 aromatic rings. The van der Waals surface area contributed by atoms with E-state index in [1.807, 2.05) is 36.6 Å². The lowest BCUT2D eigenvalue weighted by Crippen LogP contribution is -2.48. The maximum atomic E-state index is 4.74. The second-order valence-electron chi connectivity index (χ2n) is 6.78. The maximum Gasteiger partial charge on any atom is 0.191 e. The molecule has 146 valence electrons. The Bertz CT molecular complexity index is 881. The fourth-order valence-corrected chi connectivity index (χ4v) is 4.90. The van der Waals surface area contributed by atoms with Crippen LogP contribution in [0.25, 0.3) is 11.3 Å². The predicted molar refractivity (Wildman–Crippen MR) is 120 cm³/mol. The van der Waals surface area contributed by atoms with Crippen molar-refractivity contribution in [2.45, 2.75) is 25.4 Å². The van der Waals surface area contributed by atoms with E-state index in [4.69, 9.17) is 4.98 Å². The number of piperidine rings is 1. The van der Waals surface area contributed by atoms with Gasteiger partial charge in [-0.1, -0.05) is 30.3 Å². The van der Waals surface area contributed by atoms with Crippen molar-refractivity contribution in [1.29, 1.82) is 0 Å². The number of guanidine groups is 1. The predicted octanol–water partition coefficient (Wildman–Crippen LogP) is 4.21. The number of rotatable bonds is 5. The summed E-state index contributed by atoms with van der Waals surface area (Å²) < 4.78 is 0. The topological polar surface area (TPSA) is 52.6 Å². The first-order valence-corrected chi connectivity index (χ1v) is 11.3. The van der Waals surface area contributed by atoms with Crippen LogP contribution in [0.5, 0.6) is 0 Å². The van der Waals surface area contributed by atoms with Crippen molar-refractivity contribution in [1.82, 2.24) is 15.6 Å². The normalized spacial score (nSPS) is 15.6. The van der Waals surface area contributed by atoms with Gasteiger partial charge in [-0.05, 0) is 30.4 Å². The van der Waals surface area contributed by atoms with Gasteiger partial charge in [0.15, 0.2) is 5.96 Å². The molecule has 0 aliphatic carbocycles. The summed E-state index contributed by atoms with van der Waals surface area (Å²) >= 11 is 3.50. The van der Waals surface area contributed by atoms with Gasteiger partial charge in [0.05, 0.1) is 17.2 Å². The number of hydrogen-bond donors (Lipinski definition) is 2. The summed E-state index contributed by atoms with van der Waals surface area (Å²) in [5.74, 6) is 0.853. The maximum absolute atomic E-state index is 4.74. The van der Waals surface area contributed by atoms with Gasteiger partial charge in [0, 0.05) is 37.1 Å². The molecule has 0 atom stereocenters. The molecule has 0 bridgehead atoms. The molecule has 2 aromatic heterocycles. The molecule has 7 heteroatoms. The van der Waals surface area contributed by atoms with Crippen molar-refractivity contribution in [3.63, 3.8) is 0 Å². The zero-order chi connectivity index (χ0) is 19.2. The van der Waals surface area contributed by atoms with Crippen molar-refractivity contribution in [2.75, 3.05) is 25.0 Å². The summed E-state index contributed by atoms with van der Waals surface area (Å²) in [6.45, 7) is 2.86. The zero-order valence-electron chi connectivity index (χ0n) is 16.0. The monoisotopic (exact) mass is 411 g/mol. The van der Waals surface area contributed by atoms with Crippen LogP contribution in [0.4, 0.5) is 5.00 Å². The van der Waals surface area contributed by atoms with Gasteiger partial charge in [0.1, 0.15) is 5.01 Å².